The summed E-state index contributed by atoms with van der Waals surface area (Å²) in [5.74, 6) is 0. The second-order valence-electron chi connectivity index (χ2n) is 6.52. The number of aromatic nitrogens is 1. The van der Waals surface area contributed by atoms with Crippen molar-refractivity contribution < 1.29 is 9.53 Å². The van der Waals surface area contributed by atoms with Crippen LogP contribution in [-0.4, -0.2) is 16.3 Å². The predicted octanol–water partition coefficient (Wildman–Crippen LogP) is 3.66. The molecular formula is C18H25N3O2. The highest BCUT2D eigenvalue weighted by molar-refractivity contribution is 5.67. The number of benzene rings is 1. The van der Waals surface area contributed by atoms with E-state index in [1.807, 2.05) is 64.3 Å². The Balaban J connectivity index is 1.87. The Hall–Kier alpha value is -2.43. The summed E-state index contributed by atoms with van der Waals surface area (Å²) in [6.45, 7) is 6.74. The lowest BCUT2D eigenvalue weighted by molar-refractivity contribution is 0.0523. The van der Waals surface area contributed by atoms with Crippen LogP contribution < -0.4 is 10.6 Å². The topological polar surface area (TPSA) is 55.3 Å². The first-order chi connectivity index (χ1) is 10.8. The van der Waals surface area contributed by atoms with Gasteiger partial charge in [0.25, 0.3) is 0 Å². The Morgan fingerprint density at radius 1 is 1.17 bits per heavy atom. The third-order valence-electron chi connectivity index (χ3n) is 3.29. The van der Waals surface area contributed by atoms with Gasteiger partial charge in [0.05, 0.1) is 6.54 Å². The Morgan fingerprint density at radius 2 is 1.96 bits per heavy atom. The summed E-state index contributed by atoms with van der Waals surface area (Å²) in [5, 5.41) is 6.16. The maximum absolute atomic E-state index is 11.7. The van der Waals surface area contributed by atoms with Gasteiger partial charge < -0.3 is 19.9 Å². The largest absolute Gasteiger partial charge is 0.444 e. The predicted molar refractivity (Wildman–Crippen MR) is 92.3 cm³/mol. The van der Waals surface area contributed by atoms with Gasteiger partial charge in [-0.15, -0.1) is 0 Å². The van der Waals surface area contributed by atoms with Gasteiger partial charge in [-0.2, -0.15) is 0 Å². The van der Waals surface area contributed by atoms with E-state index in [2.05, 4.69) is 21.3 Å². The molecule has 1 aromatic heterocycles. The van der Waals surface area contributed by atoms with Crippen molar-refractivity contribution >= 4 is 11.8 Å². The molecule has 1 aromatic carbocycles. The normalized spacial score (nSPS) is 11.1. The van der Waals surface area contributed by atoms with Crippen molar-refractivity contribution in [3.05, 3.63) is 53.9 Å². The van der Waals surface area contributed by atoms with E-state index in [1.165, 1.54) is 5.69 Å². The van der Waals surface area contributed by atoms with Crippen LogP contribution >= 0.6 is 0 Å². The Kier molecular flexibility index (Phi) is 5.32. The number of ether oxygens (including phenoxy) is 1. The van der Waals surface area contributed by atoms with Gasteiger partial charge in [-0.3, -0.25) is 0 Å². The number of anilines is 1. The molecule has 1 heterocycles. The van der Waals surface area contributed by atoms with Gasteiger partial charge in [0.1, 0.15) is 5.60 Å². The van der Waals surface area contributed by atoms with E-state index in [-0.39, 0.29) is 0 Å². The van der Waals surface area contributed by atoms with E-state index in [9.17, 15) is 4.79 Å². The standard InChI is InChI=1S/C18H25N3O2/c1-18(2,3)23-17(22)20-12-14-7-5-8-15(11-14)19-13-16-9-6-10-21(16)4/h5-11,19H,12-13H2,1-4H3,(H,20,22). The minimum absolute atomic E-state index is 0.403. The van der Waals surface area contributed by atoms with Crippen molar-refractivity contribution in [2.45, 2.75) is 39.5 Å². The van der Waals surface area contributed by atoms with Crippen LogP contribution in [0.4, 0.5) is 10.5 Å². The van der Waals surface area contributed by atoms with E-state index >= 15 is 0 Å². The SMILES string of the molecule is Cn1cccc1CNc1cccc(CNC(=O)OC(C)(C)C)c1. The number of nitrogens with zero attached hydrogens (tertiary/aromatic N) is 1. The van der Waals surface area contributed by atoms with Crippen LogP contribution in [0.5, 0.6) is 0 Å². The average Bonchev–Trinajstić information content (AvgIpc) is 2.87. The first-order valence-electron chi connectivity index (χ1n) is 7.73. The second-order valence-corrected chi connectivity index (χ2v) is 6.52. The molecule has 0 bridgehead atoms. The fourth-order valence-corrected chi connectivity index (χ4v) is 2.15. The second kappa shape index (κ2) is 7.22. The van der Waals surface area contributed by atoms with Crippen LogP contribution in [0.2, 0.25) is 0 Å². The van der Waals surface area contributed by atoms with E-state index in [1.54, 1.807) is 0 Å². The number of rotatable bonds is 5. The molecule has 0 saturated carbocycles. The molecule has 0 aliphatic carbocycles. The van der Waals surface area contributed by atoms with Gasteiger partial charge in [-0.05, 0) is 50.6 Å². The van der Waals surface area contributed by atoms with Crippen LogP contribution in [0, 0.1) is 0 Å². The summed E-state index contributed by atoms with van der Waals surface area (Å²) in [5.41, 5.74) is 2.77. The van der Waals surface area contributed by atoms with E-state index in [0.717, 1.165) is 17.8 Å². The van der Waals surface area contributed by atoms with E-state index in [0.29, 0.717) is 6.54 Å². The van der Waals surface area contributed by atoms with Crippen LogP contribution in [-0.2, 0) is 24.9 Å². The third-order valence-corrected chi connectivity index (χ3v) is 3.29. The van der Waals surface area contributed by atoms with Crippen molar-refractivity contribution in [2.75, 3.05) is 5.32 Å². The lowest BCUT2D eigenvalue weighted by Crippen LogP contribution is -2.32. The number of nitrogens with one attached hydrogen (secondary N) is 2. The lowest BCUT2D eigenvalue weighted by atomic mass is 10.2. The molecular weight excluding hydrogens is 290 g/mol. The van der Waals surface area contributed by atoms with Gasteiger partial charge in [0.15, 0.2) is 0 Å². The van der Waals surface area contributed by atoms with E-state index in [4.69, 9.17) is 4.74 Å². The lowest BCUT2D eigenvalue weighted by Gasteiger charge is -2.19. The molecule has 0 aliphatic rings. The molecule has 0 unspecified atom stereocenters. The highest BCUT2D eigenvalue weighted by Crippen LogP contribution is 2.13. The first-order valence-corrected chi connectivity index (χ1v) is 7.73. The molecule has 0 fully saturated rings. The minimum Gasteiger partial charge on any atom is -0.444 e. The quantitative estimate of drug-likeness (QED) is 0.885. The van der Waals surface area contributed by atoms with Crippen LogP contribution in [0.3, 0.4) is 0 Å². The highest BCUT2D eigenvalue weighted by Gasteiger charge is 2.15. The third kappa shape index (κ3) is 5.70. The molecule has 1 amide bonds. The highest BCUT2D eigenvalue weighted by atomic mass is 16.6. The molecule has 0 radical (unpaired) electrons. The van der Waals surface area contributed by atoms with Crippen LogP contribution in [0.15, 0.2) is 42.6 Å². The number of aryl methyl sites for hydroxylation is 1. The molecule has 2 aromatic rings. The fraction of sp³-hybridized carbons (Fsp3) is 0.389. The van der Waals surface area contributed by atoms with Crippen LogP contribution in [0.25, 0.3) is 0 Å². The number of amides is 1. The van der Waals surface area contributed by atoms with Crippen molar-refractivity contribution in [1.82, 2.24) is 9.88 Å². The zero-order valence-corrected chi connectivity index (χ0v) is 14.2. The number of carbonyl (C=O) groups excluding carboxylic acids is 1. The first kappa shape index (κ1) is 16.9. The monoisotopic (exact) mass is 315 g/mol. The number of hydrogen-bond donors (Lipinski definition) is 2. The van der Waals surface area contributed by atoms with Gasteiger partial charge in [0.2, 0.25) is 0 Å². The van der Waals surface area contributed by atoms with Crippen molar-refractivity contribution in [3.63, 3.8) is 0 Å². The Morgan fingerprint density at radius 3 is 2.61 bits per heavy atom. The summed E-state index contributed by atoms with van der Waals surface area (Å²) in [7, 11) is 2.03. The molecule has 5 heteroatoms. The zero-order chi connectivity index (χ0) is 16.9. The van der Waals surface area contributed by atoms with Gasteiger partial charge in [-0.1, -0.05) is 12.1 Å². The maximum atomic E-state index is 11.7. The summed E-state index contributed by atoms with van der Waals surface area (Å²) >= 11 is 0. The summed E-state index contributed by atoms with van der Waals surface area (Å²) < 4.78 is 7.32. The maximum Gasteiger partial charge on any atom is 0.407 e. The number of carbonyl (C=O) groups is 1. The number of hydrogen-bond acceptors (Lipinski definition) is 3. The summed E-state index contributed by atoms with van der Waals surface area (Å²) in [6.07, 6.45) is 1.62. The summed E-state index contributed by atoms with van der Waals surface area (Å²) in [6, 6.07) is 12.1. The molecule has 5 nitrogen and oxygen atoms in total. The molecule has 2 N–H and O–H groups in total. The fourth-order valence-electron chi connectivity index (χ4n) is 2.15. The Labute approximate surface area is 137 Å². The van der Waals surface area contributed by atoms with Crippen molar-refractivity contribution in [3.8, 4) is 0 Å². The zero-order valence-electron chi connectivity index (χ0n) is 14.2. The average molecular weight is 315 g/mol. The smallest absolute Gasteiger partial charge is 0.407 e. The van der Waals surface area contributed by atoms with Crippen molar-refractivity contribution in [2.24, 2.45) is 7.05 Å². The molecule has 0 spiro atoms. The van der Waals surface area contributed by atoms with Gasteiger partial charge in [-0.25, -0.2) is 4.79 Å². The molecule has 23 heavy (non-hydrogen) atoms. The van der Waals surface area contributed by atoms with Crippen LogP contribution in [0.1, 0.15) is 32.0 Å². The number of alkyl carbamates (subject to hydrolysis) is 1. The van der Waals surface area contributed by atoms with Crippen molar-refractivity contribution in [1.29, 1.82) is 0 Å². The van der Waals surface area contributed by atoms with Gasteiger partial charge in [0, 0.05) is 31.2 Å². The molecule has 2 rings (SSSR count). The molecule has 0 aliphatic heterocycles. The van der Waals surface area contributed by atoms with E-state index < -0.39 is 11.7 Å². The molecule has 0 saturated heterocycles. The molecule has 124 valence electrons. The Bertz CT molecular complexity index is 656. The molecule has 0 atom stereocenters. The summed E-state index contributed by atoms with van der Waals surface area (Å²) in [4.78, 5) is 11.7. The minimum atomic E-state index is -0.484. The van der Waals surface area contributed by atoms with Gasteiger partial charge >= 0.3 is 6.09 Å².